The number of hydrogen-bond donors (Lipinski definition) is 1. The zero-order valence-corrected chi connectivity index (χ0v) is 11.7. The first-order valence-corrected chi connectivity index (χ1v) is 7.03. The summed E-state index contributed by atoms with van der Waals surface area (Å²) in [5.74, 6) is 0.257. The van der Waals surface area contributed by atoms with E-state index in [0.29, 0.717) is 6.54 Å². The highest BCUT2D eigenvalue weighted by Gasteiger charge is 2.36. The van der Waals surface area contributed by atoms with Crippen molar-refractivity contribution >= 4 is 5.97 Å². The summed E-state index contributed by atoms with van der Waals surface area (Å²) in [7, 11) is 0. The average Bonchev–Trinajstić information content (AvgIpc) is 2.97. The summed E-state index contributed by atoms with van der Waals surface area (Å²) in [5, 5.41) is 21.0. The van der Waals surface area contributed by atoms with Crippen molar-refractivity contribution in [2.45, 2.75) is 64.3 Å². The molecule has 0 amide bonds. The minimum absolute atomic E-state index is 0.0605. The van der Waals surface area contributed by atoms with E-state index in [0.717, 1.165) is 25.1 Å². The third kappa shape index (κ3) is 3.11. The molecule has 0 radical (unpaired) electrons. The molecule has 1 N–H and O–H groups in total. The molecule has 2 rings (SSSR count). The lowest BCUT2D eigenvalue weighted by molar-refractivity contribution is -0.138. The van der Waals surface area contributed by atoms with Crippen molar-refractivity contribution in [2.75, 3.05) is 0 Å². The summed E-state index contributed by atoms with van der Waals surface area (Å²) < 4.78 is 1.82. The van der Waals surface area contributed by atoms with Crippen molar-refractivity contribution < 1.29 is 9.90 Å². The van der Waals surface area contributed by atoms with Gasteiger partial charge in [0.25, 0.3) is 0 Å². The summed E-state index contributed by atoms with van der Waals surface area (Å²) in [6.45, 7) is 4.82. The molecular weight excluding hydrogens is 244 g/mol. The lowest BCUT2D eigenvalue weighted by Gasteiger charge is -2.23. The lowest BCUT2D eigenvalue weighted by atomic mass is 9.87. The highest BCUT2D eigenvalue weighted by molar-refractivity contribution is 5.66. The van der Waals surface area contributed by atoms with Crippen LogP contribution in [-0.4, -0.2) is 31.3 Å². The van der Waals surface area contributed by atoms with Crippen LogP contribution < -0.4 is 0 Å². The fourth-order valence-corrected chi connectivity index (χ4v) is 2.97. The zero-order valence-electron chi connectivity index (χ0n) is 11.7. The Kier molecular flexibility index (Phi) is 4.17. The number of tetrazole rings is 1. The second kappa shape index (κ2) is 5.67. The van der Waals surface area contributed by atoms with Gasteiger partial charge in [-0.15, -0.1) is 5.10 Å². The van der Waals surface area contributed by atoms with Crippen LogP contribution in [-0.2, 0) is 16.8 Å². The van der Waals surface area contributed by atoms with Crippen LogP contribution in [0.3, 0.4) is 0 Å². The summed E-state index contributed by atoms with van der Waals surface area (Å²) in [4.78, 5) is 10.8. The van der Waals surface area contributed by atoms with E-state index in [4.69, 9.17) is 5.11 Å². The quantitative estimate of drug-likeness (QED) is 0.851. The molecule has 0 aromatic carbocycles. The van der Waals surface area contributed by atoms with Gasteiger partial charge >= 0.3 is 5.97 Å². The van der Waals surface area contributed by atoms with Crippen molar-refractivity contribution in [3.8, 4) is 0 Å². The third-order valence-electron chi connectivity index (χ3n) is 4.25. The predicted octanol–water partition coefficient (Wildman–Crippen LogP) is 2.01. The largest absolute Gasteiger partial charge is 0.481 e. The number of nitrogens with zero attached hydrogens (tertiary/aromatic N) is 4. The van der Waals surface area contributed by atoms with Gasteiger partial charge in [0.2, 0.25) is 0 Å². The van der Waals surface area contributed by atoms with Gasteiger partial charge in [-0.05, 0) is 29.2 Å². The lowest BCUT2D eigenvalue weighted by Crippen LogP contribution is -2.26. The van der Waals surface area contributed by atoms with Gasteiger partial charge < -0.3 is 5.11 Å². The third-order valence-corrected chi connectivity index (χ3v) is 4.25. The van der Waals surface area contributed by atoms with E-state index >= 15 is 0 Å². The Morgan fingerprint density at radius 1 is 1.47 bits per heavy atom. The van der Waals surface area contributed by atoms with E-state index in [-0.39, 0.29) is 17.8 Å². The SMILES string of the molecule is CCC(CC(=O)O)Cn1nnnc1C1(C)CCCC1. The van der Waals surface area contributed by atoms with Gasteiger partial charge in [0.1, 0.15) is 0 Å². The van der Waals surface area contributed by atoms with Gasteiger partial charge in [0, 0.05) is 18.4 Å². The minimum Gasteiger partial charge on any atom is -0.481 e. The molecule has 1 atom stereocenters. The van der Waals surface area contributed by atoms with Gasteiger partial charge in [-0.1, -0.05) is 33.1 Å². The highest BCUT2D eigenvalue weighted by Crippen LogP contribution is 2.39. The second-order valence-electron chi connectivity index (χ2n) is 5.82. The summed E-state index contributed by atoms with van der Waals surface area (Å²) in [5.41, 5.74) is 0.0605. The summed E-state index contributed by atoms with van der Waals surface area (Å²) in [6, 6.07) is 0. The molecule has 6 heteroatoms. The van der Waals surface area contributed by atoms with Gasteiger partial charge in [0.15, 0.2) is 5.82 Å². The molecule has 1 unspecified atom stereocenters. The second-order valence-corrected chi connectivity index (χ2v) is 5.82. The Hall–Kier alpha value is -1.46. The fourth-order valence-electron chi connectivity index (χ4n) is 2.97. The molecule has 19 heavy (non-hydrogen) atoms. The van der Waals surface area contributed by atoms with Crippen molar-refractivity contribution in [2.24, 2.45) is 5.92 Å². The standard InChI is InChI=1S/C13H22N4O2/c1-3-10(8-11(18)19)9-17-12(14-15-16-17)13(2)6-4-5-7-13/h10H,3-9H2,1-2H3,(H,18,19). The van der Waals surface area contributed by atoms with Gasteiger partial charge in [-0.2, -0.15) is 0 Å². The Bertz CT molecular complexity index is 438. The van der Waals surface area contributed by atoms with E-state index in [1.54, 1.807) is 0 Å². The van der Waals surface area contributed by atoms with E-state index in [1.165, 1.54) is 12.8 Å². The predicted molar refractivity (Wildman–Crippen MR) is 69.7 cm³/mol. The number of carbonyl (C=O) groups is 1. The number of carboxylic acids is 1. The Morgan fingerprint density at radius 2 is 2.16 bits per heavy atom. The molecule has 1 saturated carbocycles. The maximum Gasteiger partial charge on any atom is 0.303 e. The molecule has 1 fully saturated rings. The van der Waals surface area contributed by atoms with Crippen LogP contribution in [0.4, 0.5) is 0 Å². The maximum absolute atomic E-state index is 10.8. The normalized spacial score (nSPS) is 19.5. The molecule has 0 spiro atoms. The van der Waals surface area contributed by atoms with Crippen molar-refractivity contribution in [1.82, 2.24) is 20.2 Å². The monoisotopic (exact) mass is 266 g/mol. The molecule has 1 aliphatic rings. The van der Waals surface area contributed by atoms with Crippen LogP contribution in [0.15, 0.2) is 0 Å². The van der Waals surface area contributed by atoms with E-state index < -0.39 is 5.97 Å². The first kappa shape index (κ1) is 14.0. The average molecular weight is 266 g/mol. The molecule has 1 aromatic heterocycles. The van der Waals surface area contributed by atoms with Gasteiger partial charge in [-0.25, -0.2) is 4.68 Å². The first-order chi connectivity index (χ1) is 9.05. The fraction of sp³-hybridized carbons (Fsp3) is 0.846. The molecule has 0 bridgehead atoms. The van der Waals surface area contributed by atoms with Gasteiger partial charge in [-0.3, -0.25) is 4.79 Å². The summed E-state index contributed by atoms with van der Waals surface area (Å²) in [6.07, 6.45) is 5.66. The molecule has 106 valence electrons. The zero-order chi connectivity index (χ0) is 13.9. The van der Waals surface area contributed by atoms with Crippen molar-refractivity contribution in [1.29, 1.82) is 0 Å². The summed E-state index contributed by atoms with van der Waals surface area (Å²) >= 11 is 0. The number of aromatic nitrogens is 4. The number of rotatable bonds is 6. The van der Waals surface area contributed by atoms with Crippen LogP contribution in [0.5, 0.6) is 0 Å². The van der Waals surface area contributed by atoms with E-state index in [1.807, 2.05) is 11.6 Å². The maximum atomic E-state index is 10.8. The molecule has 0 saturated heterocycles. The van der Waals surface area contributed by atoms with Crippen molar-refractivity contribution in [3.63, 3.8) is 0 Å². The molecule has 1 aromatic rings. The number of hydrogen-bond acceptors (Lipinski definition) is 4. The van der Waals surface area contributed by atoms with Crippen LogP contribution in [0.2, 0.25) is 0 Å². The minimum atomic E-state index is -0.756. The number of carboxylic acid groups (broad SMARTS) is 1. The topological polar surface area (TPSA) is 80.9 Å². The molecule has 0 aliphatic heterocycles. The van der Waals surface area contributed by atoms with Crippen LogP contribution in [0, 0.1) is 5.92 Å². The van der Waals surface area contributed by atoms with E-state index in [2.05, 4.69) is 22.4 Å². The Balaban J connectivity index is 2.13. The smallest absolute Gasteiger partial charge is 0.303 e. The highest BCUT2D eigenvalue weighted by atomic mass is 16.4. The number of aliphatic carboxylic acids is 1. The first-order valence-electron chi connectivity index (χ1n) is 7.03. The van der Waals surface area contributed by atoms with Crippen LogP contribution >= 0.6 is 0 Å². The Morgan fingerprint density at radius 3 is 2.74 bits per heavy atom. The van der Waals surface area contributed by atoms with Crippen LogP contribution in [0.1, 0.15) is 58.2 Å². The molecule has 1 heterocycles. The van der Waals surface area contributed by atoms with Crippen LogP contribution in [0.25, 0.3) is 0 Å². The van der Waals surface area contributed by atoms with E-state index in [9.17, 15) is 4.79 Å². The van der Waals surface area contributed by atoms with Gasteiger partial charge in [0.05, 0.1) is 0 Å². The van der Waals surface area contributed by atoms with Crippen molar-refractivity contribution in [3.05, 3.63) is 5.82 Å². The molecule has 6 nitrogen and oxygen atoms in total. The molecule has 1 aliphatic carbocycles. The molecular formula is C13H22N4O2. The Labute approximate surface area is 113 Å².